The smallest absolute Gasteiger partial charge is 0.229 e. The summed E-state index contributed by atoms with van der Waals surface area (Å²) in [6.07, 6.45) is 8.14. The van der Waals surface area contributed by atoms with Crippen LogP contribution in [0.3, 0.4) is 0 Å². The van der Waals surface area contributed by atoms with Crippen molar-refractivity contribution in [3.05, 3.63) is 0 Å². The zero-order chi connectivity index (χ0) is 16.6. The number of carbonyl (C=O) groups is 2. The predicted octanol–water partition coefficient (Wildman–Crippen LogP) is 2.97. The van der Waals surface area contributed by atoms with Gasteiger partial charge in [-0.1, -0.05) is 0 Å². The van der Waals surface area contributed by atoms with Gasteiger partial charge in [0.2, 0.25) is 11.8 Å². The summed E-state index contributed by atoms with van der Waals surface area (Å²) in [7, 11) is 0. The summed E-state index contributed by atoms with van der Waals surface area (Å²) < 4.78 is 0.309. The Kier molecular flexibility index (Phi) is 5.17. The van der Waals surface area contributed by atoms with Crippen molar-refractivity contribution in [1.82, 2.24) is 9.80 Å². The monoisotopic (exact) mass is 368 g/mol. The van der Waals surface area contributed by atoms with Gasteiger partial charge >= 0.3 is 0 Å². The fourth-order valence-corrected chi connectivity index (χ4v) is 8.94. The van der Waals surface area contributed by atoms with Gasteiger partial charge in [0.25, 0.3) is 0 Å². The number of piperidine rings is 3. The van der Waals surface area contributed by atoms with Gasteiger partial charge in [-0.3, -0.25) is 19.4 Å². The summed E-state index contributed by atoms with van der Waals surface area (Å²) >= 11 is 4.34. The molecular weight excluding hydrogens is 340 g/mol. The Morgan fingerprint density at radius 1 is 0.958 bits per heavy atom. The molecule has 6 heteroatoms. The van der Waals surface area contributed by atoms with Gasteiger partial charge < -0.3 is 0 Å². The van der Waals surface area contributed by atoms with E-state index in [9.17, 15) is 9.59 Å². The minimum absolute atomic E-state index is 0.0668. The lowest BCUT2D eigenvalue weighted by Gasteiger charge is -2.56. The number of fused-ring (bicyclic) bond motifs is 2. The summed E-state index contributed by atoms with van der Waals surface area (Å²) in [5.74, 6) is 3.13. The highest BCUT2D eigenvalue weighted by atomic mass is 32.2. The zero-order valence-electron chi connectivity index (χ0n) is 14.4. The molecule has 4 aliphatic rings. The third-order valence-electron chi connectivity index (χ3n) is 6.06. The van der Waals surface area contributed by atoms with Crippen molar-refractivity contribution in [3.63, 3.8) is 0 Å². The molecule has 4 fully saturated rings. The van der Waals surface area contributed by atoms with Crippen molar-refractivity contribution in [3.8, 4) is 0 Å². The minimum Gasteiger partial charge on any atom is -0.298 e. The molecule has 4 rings (SSSR count). The summed E-state index contributed by atoms with van der Waals surface area (Å²) in [4.78, 5) is 28.9. The molecule has 4 saturated heterocycles. The molecule has 0 aliphatic carbocycles. The lowest BCUT2D eigenvalue weighted by molar-refractivity contribution is -0.149. The summed E-state index contributed by atoms with van der Waals surface area (Å²) in [5.41, 5.74) is 0. The van der Waals surface area contributed by atoms with Crippen molar-refractivity contribution in [2.24, 2.45) is 5.92 Å². The van der Waals surface area contributed by atoms with Crippen LogP contribution < -0.4 is 0 Å². The molecule has 1 spiro atoms. The van der Waals surface area contributed by atoms with E-state index in [1.165, 1.54) is 56.7 Å². The van der Waals surface area contributed by atoms with Gasteiger partial charge in [0.05, 0.1) is 4.08 Å². The Morgan fingerprint density at radius 3 is 2.42 bits per heavy atom. The Hall–Kier alpha value is -0.200. The van der Waals surface area contributed by atoms with Gasteiger partial charge in [-0.15, -0.1) is 23.5 Å². The Labute approximate surface area is 153 Å². The highest BCUT2D eigenvalue weighted by molar-refractivity contribution is 8.18. The fourth-order valence-electron chi connectivity index (χ4n) is 5.05. The van der Waals surface area contributed by atoms with Crippen molar-refractivity contribution < 1.29 is 9.59 Å². The van der Waals surface area contributed by atoms with Gasteiger partial charge in [0.15, 0.2) is 0 Å². The number of rotatable bonds is 2. The number of hydrogen-bond donors (Lipinski definition) is 0. The van der Waals surface area contributed by atoms with Crippen LogP contribution in [0.1, 0.15) is 51.4 Å². The van der Waals surface area contributed by atoms with E-state index in [1.807, 2.05) is 0 Å². The number of likely N-dealkylation sites (tertiary alicyclic amines) is 1. The van der Waals surface area contributed by atoms with Crippen LogP contribution in [0.15, 0.2) is 0 Å². The number of nitrogens with zero attached hydrogens (tertiary/aromatic N) is 2. The summed E-state index contributed by atoms with van der Waals surface area (Å²) in [5, 5.41) is 0. The van der Waals surface area contributed by atoms with E-state index >= 15 is 0 Å². The first kappa shape index (κ1) is 17.2. The molecule has 0 aromatic carbocycles. The van der Waals surface area contributed by atoms with Crippen LogP contribution in [-0.2, 0) is 9.59 Å². The fraction of sp³-hybridized carbons (Fsp3) is 0.889. The number of amides is 2. The van der Waals surface area contributed by atoms with Crippen molar-refractivity contribution in [1.29, 1.82) is 0 Å². The molecule has 0 N–H and O–H groups in total. The van der Waals surface area contributed by atoms with E-state index in [-0.39, 0.29) is 11.8 Å². The van der Waals surface area contributed by atoms with Crippen LogP contribution in [0, 0.1) is 5.92 Å². The van der Waals surface area contributed by atoms with Gasteiger partial charge in [0, 0.05) is 25.4 Å². The van der Waals surface area contributed by atoms with Crippen LogP contribution in [0.4, 0.5) is 0 Å². The van der Waals surface area contributed by atoms with Crippen LogP contribution in [0.2, 0.25) is 0 Å². The second kappa shape index (κ2) is 7.20. The van der Waals surface area contributed by atoms with E-state index in [0.717, 1.165) is 6.42 Å². The SMILES string of the molecule is O=C1CCCC(=O)N1C[C@H]1CCCN2CCCC3(SCCCS3)[C@H]12. The molecule has 0 aromatic rings. The average molecular weight is 369 g/mol. The largest absolute Gasteiger partial charge is 0.298 e. The maximum atomic E-state index is 12.3. The maximum absolute atomic E-state index is 12.3. The van der Waals surface area contributed by atoms with E-state index in [1.54, 1.807) is 4.90 Å². The van der Waals surface area contributed by atoms with Gasteiger partial charge in [0.1, 0.15) is 0 Å². The van der Waals surface area contributed by atoms with E-state index in [4.69, 9.17) is 0 Å². The van der Waals surface area contributed by atoms with Crippen LogP contribution >= 0.6 is 23.5 Å². The average Bonchev–Trinajstić information content (AvgIpc) is 2.59. The first-order valence-corrected chi connectivity index (χ1v) is 11.5. The lowest BCUT2D eigenvalue weighted by atomic mass is 9.82. The molecule has 0 radical (unpaired) electrons. The number of carbonyl (C=O) groups excluding carboxylic acids is 2. The minimum atomic E-state index is 0.0668. The molecule has 24 heavy (non-hydrogen) atoms. The molecule has 0 unspecified atom stereocenters. The second-order valence-electron chi connectivity index (χ2n) is 7.60. The highest BCUT2D eigenvalue weighted by Gasteiger charge is 2.51. The van der Waals surface area contributed by atoms with Crippen molar-refractivity contribution in [2.45, 2.75) is 61.5 Å². The van der Waals surface area contributed by atoms with Gasteiger partial charge in [-0.2, -0.15) is 0 Å². The Bertz CT molecular complexity index is 484. The second-order valence-corrected chi connectivity index (χ2v) is 10.7. The number of hydrogen-bond acceptors (Lipinski definition) is 5. The third-order valence-corrected chi connectivity index (χ3v) is 9.62. The first-order chi connectivity index (χ1) is 11.7. The number of imide groups is 1. The normalized spacial score (nSPS) is 34.4. The van der Waals surface area contributed by atoms with Gasteiger partial charge in [-0.05, 0) is 69.0 Å². The molecule has 0 saturated carbocycles. The van der Waals surface area contributed by atoms with Crippen molar-refractivity contribution >= 4 is 35.3 Å². The molecule has 0 bridgehead atoms. The Balaban J connectivity index is 1.56. The topological polar surface area (TPSA) is 40.6 Å². The number of thioether (sulfide) groups is 2. The van der Waals surface area contributed by atoms with Crippen LogP contribution in [0.25, 0.3) is 0 Å². The van der Waals surface area contributed by atoms with E-state index < -0.39 is 0 Å². The standard InChI is InChI=1S/C18H28N2O2S2/c21-15-6-1-7-16(22)20(15)13-14-5-2-9-19-10-3-8-18(17(14)19)23-11-4-12-24-18/h14,17H,1-13H2/t14-,17+/m1/s1. The van der Waals surface area contributed by atoms with Crippen LogP contribution in [0.5, 0.6) is 0 Å². The molecular formula is C18H28N2O2S2. The molecule has 4 aliphatic heterocycles. The lowest BCUT2D eigenvalue weighted by Crippen LogP contribution is -2.62. The molecule has 0 aromatic heterocycles. The molecule has 4 nitrogen and oxygen atoms in total. The van der Waals surface area contributed by atoms with Crippen LogP contribution in [-0.4, -0.2) is 62.9 Å². The van der Waals surface area contributed by atoms with E-state index in [0.29, 0.717) is 35.4 Å². The predicted molar refractivity (Wildman–Crippen MR) is 100 cm³/mol. The molecule has 134 valence electrons. The zero-order valence-corrected chi connectivity index (χ0v) is 16.0. The first-order valence-electron chi connectivity index (χ1n) is 9.55. The molecule has 2 atom stereocenters. The Morgan fingerprint density at radius 2 is 1.67 bits per heavy atom. The highest BCUT2D eigenvalue weighted by Crippen LogP contribution is 2.54. The molecule has 2 amide bonds. The van der Waals surface area contributed by atoms with E-state index in [2.05, 4.69) is 28.4 Å². The quantitative estimate of drug-likeness (QED) is 0.701. The maximum Gasteiger partial charge on any atom is 0.229 e. The van der Waals surface area contributed by atoms with Gasteiger partial charge in [-0.25, -0.2) is 0 Å². The molecule has 4 heterocycles. The summed E-state index contributed by atoms with van der Waals surface area (Å²) in [6.45, 7) is 3.07. The van der Waals surface area contributed by atoms with Crippen molar-refractivity contribution in [2.75, 3.05) is 31.1 Å². The third kappa shape index (κ3) is 3.14. The summed E-state index contributed by atoms with van der Waals surface area (Å²) in [6, 6.07) is 0.540.